The number of nitro benzene ring substituents is 1. The van der Waals surface area contributed by atoms with Crippen molar-refractivity contribution in [1.82, 2.24) is 9.88 Å². The molecular formula is C22H21N3O4. The summed E-state index contributed by atoms with van der Waals surface area (Å²) in [5.41, 5.74) is 3.65. The maximum absolute atomic E-state index is 12.8. The monoisotopic (exact) mass is 391 g/mol. The Morgan fingerprint density at radius 2 is 2.03 bits per heavy atom. The summed E-state index contributed by atoms with van der Waals surface area (Å²) in [6.45, 7) is 1.91. The van der Waals surface area contributed by atoms with Crippen LogP contribution in [0, 0.1) is 10.1 Å². The number of nitrogens with zero attached hydrogens (tertiary/aromatic N) is 2. The smallest absolute Gasteiger partial charge is 0.338 e. The van der Waals surface area contributed by atoms with Crippen molar-refractivity contribution in [2.45, 2.75) is 31.4 Å². The van der Waals surface area contributed by atoms with E-state index in [9.17, 15) is 14.9 Å². The van der Waals surface area contributed by atoms with Gasteiger partial charge >= 0.3 is 5.97 Å². The molecule has 3 heterocycles. The van der Waals surface area contributed by atoms with E-state index in [1.54, 1.807) is 6.07 Å². The molecule has 7 nitrogen and oxygen atoms in total. The number of nitro groups is 1. The van der Waals surface area contributed by atoms with Crippen LogP contribution in [0.5, 0.6) is 0 Å². The van der Waals surface area contributed by atoms with Crippen LogP contribution in [0.3, 0.4) is 0 Å². The summed E-state index contributed by atoms with van der Waals surface area (Å²) >= 11 is 0. The number of aromatic nitrogens is 1. The van der Waals surface area contributed by atoms with Gasteiger partial charge in [-0.15, -0.1) is 0 Å². The minimum absolute atomic E-state index is 0.0115. The highest BCUT2D eigenvalue weighted by Gasteiger charge is 2.40. The molecule has 2 unspecified atom stereocenters. The fourth-order valence-corrected chi connectivity index (χ4v) is 4.72. The second-order valence-electron chi connectivity index (χ2n) is 7.69. The van der Waals surface area contributed by atoms with E-state index in [0.717, 1.165) is 43.6 Å². The zero-order valence-electron chi connectivity index (χ0n) is 15.8. The average Bonchev–Trinajstić information content (AvgIpc) is 3.12. The van der Waals surface area contributed by atoms with Crippen LogP contribution in [0.2, 0.25) is 0 Å². The Labute approximate surface area is 167 Å². The van der Waals surface area contributed by atoms with Crippen LogP contribution in [-0.2, 0) is 11.2 Å². The highest BCUT2D eigenvalue weighted by Crippen LogP contribution is 2.41. The third-order valence-corrected chi connectivity index (χ3v) is 6.02. The average molecular weight is 391 g/mol. The number of aromatic amines is 1. The molecule has 1 fully saturated rings. The van der Waals surface area contributed by atoms with E-state index in [2.05, 4.69) is 22.0 Å². The lowest BCUT2D eigenvalue weighted by Crippen LogP contribution is -2.47. The molecule has 0 aliphatic carbocycles. The van der Waals surface area contributed by atoms with Gasteiger partial charge in [-0.25, -0.2) is 4.79 Å². The number of carbonyl (C=O) groups is 1. The minimum Gasteiger partial charge on any atom is -0.457 e. The first-order valence-electron chi connectivity index (χ1n) is 9.91. The zero-order valence-corrected chi connectivity index (χ0v) is 15.8. The van der Waals surface area contributed by atoms with E-state index < -0.39 is 10.9 Å². The van der Waals surface area contributed by atoms with E-state index >= 15 is 0 Å². The van der Waals surface area contributed by atoms with Crippen molar-refractivity contribution in [1.29, 1.82) is 0 Å². The van der Waals surface area contributed by atoms with Crippen LogP contribution in [0.1, 0.15) is 40.5 Å². The number of non-ortho nitro benzene ring substituents is 1. The van der Waals surface area contributed by atoms with E-state index in [1.807, 2.05) is 12.1 Å². The van der Waals surface area contributed by atoms with Crippen LogP contribution in [-0.4, -0.2) is 40.0 Å². The molecule has 2 atom stereocenters. The molecule has 5 rings (SSSR count). The highest BCUT2D eigenvalue weighted by molar-refractivity contribution is 5.90. The van der Waals surface area contributed by atoms with Crippen molar-refractivity contribution in [3.63, 3.8) is 0 Å². The molecule has 2 aliphatic heterocycles. The molecule has 2 aromatic carbocycles. The number of para-hydroxylation sites is 1. The molecule has 3 aromatic rings. The number of benzene rings is 2. The second kappa shape index (κ2) is 7.00. The largest absolute Gasteiger partial charge is 0.457 e. The maximum atomic E-state index is 12.8. The van der Waals surface area contributed by atoms with Gasteiger partial charge in [-0.1, -0.05) is 24.3 Å². The number of esters is 1. The number of rotatable bonds is 3. The summed E-state index contributed by atoms with van der Waals surface area (Å²) < 4.78 is 5.91. The first-order chi connectivity index (χ1) is 14.1. The molecule has 7 heteroatoms. The van der Waals surface area contributed by atoms with Gasteiger partial charge in [-0.3, -0.25) is 15.0 Å². The topological polar surface area (TPSA) is 88.5 Å². The summed E-state index contributed by atoms with van der Waals surface area (Å²) in [5, 5.41) is 12.3. The second-order valence-corrected chi connectivity index (χ2v) is 7.69. The molecule has 0 radical (unpaired) electrons. The zero-order chi connectivity index (χ0) is 20.0. The Kier molecular flexibility index (Phi) is 4.32. The summed E-state index contributed by atoms with van der Waals surface area (Å²) in [6, 6.07) is 14.0. The summed E-state index contributed by atoms with van der Waals surface area (Å²) in [5.74, 6) is -0.510. The highest BCUT2D eigenvalue weighted by atomic mass is 16.6. The molecule has 2 aliphatic rings. The number of ether oxygens (including phenoxy) is 1. The Hall–Kier alpha value is -3.19. The Morgan fingerprint density at radius 1 is 1.17 bits per heavy atom. The number of nitrogens with one attached hydrogen (secondary N) is 1. The third kappa shape index (κ3) is 3.07. The van der Waals surface area contributed by atoms with Crippen molar-refractivity contribution < 1.29 is 14.5 Å². The van der Waals surface area contributed by atoms with E-state index in [4.69, 9.17) is 4.74 Å². The van der Waals surface area contributed by atoms with Crippen LogP contribution in [0.15, 0.2) is 48.5 Å². The lowest BCUT2D eigenvalue weighted by molar-refractivity contribution is -0.384. The summed E-state index contributed by atoms with van der Waals surface area (Å²) in [7, 11) is 0. The van der Waals surface area contributed by atoms with Crippen molar-refractivity contribution in [2.24, 2.45) is 0 Å². The molecule has 0 spiro atoms. The standard InChI is InChI=1S/C22H21N3O4/c26-22(14-5-3-6-15(13-14)25(27)28)29-19-9-4-11-24-12-10-17-16-7-1-2-8-18(16)23-20(17)21(19)24/h1-3,5-8,13,19,21,23H,4,9-12H2. The number of piperidine rings is 1. The van der Waals surface area contributed by atoms with Crippen molar-refractivity contribution in [2.75, 3.05) is 13.1 Å². The summed E-state index contributed by atoms with van der Waals surface area (Å²) in [4.78, 5) is 29.2. The van der Waals surface area contributed by atoms with Crippen LogP contribution < -0.4 is 0 Å². The first-order valence-corrected chi connectivity index (χ1v) is 9.91. The SMILES string of the molecule is O=C(OC1CCCN2CCc3c([nH]c4ccccc34)C12)c1cccc([N+](=O)[O-])c1. The van der Waals surface area contributed by atoms with Crippen LogP contribution >= 0.6 is 0 Å². The van der Waals surface area contributed by atoms with Gasteiger partial charge in [0.25, 0.3) is 5.69 Å². The maximum Gasteiger partial charge on any atom is 0.338 e. The van der Waals surface area contributed by atoms with Crippen LogP contribution in [0.25, 0.3) is 10.9 Å². The van der Waals surface area contributed by atoms with E-state index in [1.165, 1.54) is 29.1 Å². The van der Waals surface area contributed by atoms with Gasteiger partial charge in [-0.05, 0) is 43.5 Å². The quantitative estimate of drug-likeness (QED) is 0.414. The fraction of sp³-hybridized carbons (Fsp3) is 0.318. The lowest BCUT2D eigenvalue weighted by atomic mass is 9.88. The number of carbonyl (C=O) groups excluding carboxylic acids is 1. The Balaban J connectivity index is 1.46. The molecule has 0 bridgehead atoms. The molecular weight excluding hydrogens is 370 g/mol. The first kappa shape index (κ1) is 17.9. The van der Waals surface area contributed by atoms with Crippen LogP contribution in [0.4, 0.5) is 5.69 Å². The van der Waals surface area contributed by atoms with Gasteiger partial charge in [0, 0.05) is 35.3 Å². The number of hydrogen-bond donors (Lipinski definition) is 1. The predicted molar refractivity (Wildman–Crippen MR) is 108 cm³/mol. The van der Waals surface area contributed by atoms with Gasteiger partial charge in [-0.2, -0.15) is 0 Å². The van der Waals surface area contributed by atoms with Gasteiger partial charge in [0.05, 0.1) is 16.5 Å². The minimum atomic E-state index is -0.510. The molecule has 0 saturated carbocycles. The number of hydrogen-bond acceptors (Lipinski definition) is 5. The van der Waals surface area contributed by atoms with Crippen molar-refractivity contribution in [3.05, 3.63) is 75.5 Å². The summed E-state index contributed by atoms with van der Waals surface area (Å²) in [6.07, 6.45) is 2.42. The van der Waals surface area contributed by atoms with E-state index in [0.29, 0.717) is 0 Å². The van der Waals surface area contributed by atoms with Gasteiger partial charge in [0.1, 0.15) is 6.10 Å². The van der Waals surface area contributed by atoms with Gasteiger partial charge in [0.15, 0.2) is 0 Å². The van der Waals surface area contributed by atoms with Gasteiger partial charge < -0.3 is 9.72 Å². The van der Waals surface area contributed by atoms with Crippen molar-refractivity contribution >= 4 is 22.6 Å². The molecule has 29 heavy (non-hydrogen) atoms. The molecule has 1 N–H and O–H groups in total. The Bertz CT molecular complexity index is 1110. The molecule has 1 saturated heterocycles. The number of H-pyrrole nitrogens is 1. The Morgan fingerprint density at radius 3 is 2.90 bits per heavy atom. The predicted octanol–water partition coefficient (Wildman–Crippen LogP) is 3.99. The lowest BCUT2D eigenvalue weighted by Gasteiger charge is -2.43. The van der Waals surface area contributed by atoms with Crippen molar-refractivity contribution in [3.8, 4) is 0 Å². The normalized spacial score (nSPS) is 21.4. The van der Waals surface area contributed by atoms with Gasteiger partial charge in [0.2, 0.25) is 0 Å². The molecule has 1 aromatic heterocycles. The third-order valence-electron chi connectivity index (χ3n) is 6.02. The molecule has 148 valence electrons. The fourth-order valence-electron chi connectivity index (χ4n) is 4.72. The number of fused-ring (bicyclic) bond motifs is 5. The molecule has 0 amide bonds. The van der Waals surface area contributed by atoms with E-state index in [-0.39, 0.29) is 23.4 Å².